The number of hydrogen-bond donors (Lipinski definition) is 2. The van der Waals surface area contributed by atoms with Crippen LogP contribution in [0.3, 0.4) is 0 Å². The fourth-order valence-electron chi connectivity index (χ4n) is 4.84. The average Bonchev–Trinajstić information content (AvgIpc) is 3.29. The summed E-state index contributed by atoms with van der Waals surface area (Å²) in [6, 6.07) is 7.65. The van der Waals surface area contributed by atoms with Crippen LogP contribution in [0.5, 0.6) is 5.75 Å². The number of likely N-dealkylation sites (tertiary alicyclic amines) is 1. The van der Waals surface area contributed by atoms with Crippen LogP contribution >= 0.6 is 0 Å². The van der Waals surface area contributed by atoms with Gasteiger partial charge in [0.25, 0.3) is 5.91 Å². The number of rotatable bonds is 8. The van der Waals surface area contributed by atoms with Crippen molar-refractivity contribution >= 4 is 22.7 Å². The fourth-order valence-corrected chi connectivity index (χ4v) is 4.84. The van der Waals surface area contributed by atoms with Crippen molar-refractivity contribution in [3.05, 3.63) is 30.0 Å². The molecule has 0 saturated carbocycles. The lowest BCUT2D eigenvalue weighted by atomic mass is 9.84. The van der Waals surface area contributed by atoms with Crippen LogP contribution in [0.25, 0.3) is 10.9 Å². The quantitative estimate of drug-likeness (QED) is 0.596. The number of fused-ring (bicyclic) bond motifs is 1. The number of benzene rings is 1. The molecule has 2 aliphatic rings. The Balaban J connectivity index is 1.21. The van der Waals surface area contributed by atoms with Crippen LogP contribution in [0.2, 0.25) is 0 Å². The zero-order chi connectivity index (χ0) is 23.2. The summed E-state index contributed by atoms with van der Waals surface area (Å²) in [6.07, 6.45) is 2.66. The molecule has 8 nitrogen and oxygen atoms in total. The lowest BCUT2D eigenvalue weighted by Crippen LogP contribution is -2.43. The number of aromatic amines is 1. The van der Waals surface area contributed by atoms with Gasteiger partial charge in [-0.15, -0.1) is 0 Å². The number of nitrogens with zero attached hydrogens (tertiary/aromatic N) is 2. The molecule has 0 unspecified atom stereocenters. The zero-order valence-electron chi connectivity index (χ0n) is 19.8. The van der Waals surface area contributed by atoms with E-state index in [0.29, 0.717) is 31.2 Å². The topological polar surface area (TPSA) is 86.9 Å². The largest absolute Gasteiger partial charge is 0.497 e. The molecule has 3 heterocycles. The van der Waals surface area contributed by atoms with E-state index in [-0.39, 0.29) is 17.7 Å². The van der Waals surface area contributed by atoms with E-state index in [0.717, 1.165) is 68.8 Å². The highest BCUT2D eigenvalue weighted by Crippen LogP contribution is 2.27. The van der Waals surface area contributed by atoms with Crippen LogP contribution in [0, 0.1) is 11.8 Å². The van der Waals surface area contributed by atoms with E-state index in [4.69, 9.17) is 9.47 Å². The Morgan fingerprint density at radius 3 is 2.67 bits per heavy atom. The molecule has 180 valence electrons. The molecule has 2 aromatic rings. The first kappa shape index (κ1) is 23.6. The van der Waals surface area contributed by atoms with Gasteiger partial charge in [0.15, 0.2) is 0 Å². The van der Waals surface area contributed by atoms with E-state index < -0.39 is 0 Å². The van der Waals surface area contributed by atoms with Gasteiger partial charge in [-0.25, -0.2) is 0 Å². The number of ether oxygens (including phenoxy) is 2. The Kier molecular flexibility index (Phi) is 7.88. The van der Waals surface area contributed by atoms with Gasteiger partial charge in [-0.2, -0.15) is 0 Å². The Bertz CT molecular complexity index is 945. The minimum absolute atomic E-state index is 0.0174. The van der Waals surface area contributed by atoms with Crippen molar-refractivity contribution < 1.29 is 19.1 Å². The molecule has 1 aromatic carbocycles. The van der Waals surface area contributed by atoms with Gasteiger partial charge in [0.1, 0.15) is 11.4 Å². The lowest BCUT2D eigenvalue weighted by molar-refractivity contribution is -0.126. The summed E-state index contributed by atoms with van der Waals surface area (Å²) in [7, 11) is 1.63. The van der Waals surface area contributed by atoms with E-state index in [1.54, 1.807) is 7.11 Å². The Hall–Kier alpha value is -2.58. The summed E-state index contributed by atoms with van der Waals surface area (Å²) in [6.45, 7) is 8.65. The average molecular weight is 457 g/mol. The van der Waals surface area contributed by atoms with Crippen LogP contribution in [-0.4, -0.2) is 86.2 Å². The van der Waals surface area contributed by atoms with Crippen LogP contribution in [0.15, 0.2) is 24.3 Å². The van der Waals surface area contributed by atoms with E-state index >= 15 is 0 Å². The number of methoxy groups -OCH3 is 1. The number of aromatic nitrogens is 1. The van der Waals surface area contributed by atoms with Crippen LogP contribution in [-0.2, 0) is 9.53 Å². The van der Waals surface area contributed by atoms with Gasteiger partial charge >= 0.3 is 0 Å². The van der Waals surface area contributed by atoms with Crippen LogP contribution in [0.1, 0.15) is 36.7 Å². The highest BCUT2D eigenvalue weighted by atomic mass is 16.5. The summed E-state index contributed by atoms with van der Waals surface area (Å²) < 4.78 is 10.6. The number of morpholine rings is 1. The predicted molar refractivity (Wildman–Crippen MR) is 128 cm³/mol. The van der Waals surface area contributed by atoms with E-state index in [9.17, 15) is 9.59 Å². The molecule has 0 aliphatic carbocycles. The molecule has 0 bridgehead atoms. The maximum Gasteiger partial charge on any atom is 0.270 e. The van der Waals surface area contributed by atoms with Crippen molar-refractivity contribution in [2.75, 3.05) is 59.6 Å². The van der Waals surface area contributed by atoms with Crippen molar-refractivity contribution in [2.45, 2.75) is 26.2 Å². The molecule has 8 heteroatoms. The number of H-pyrrole nitrogens is 1. The number of amides is 2. The second kappa shape index (κ2) is 11.0. The molecule has 2 amide bonds. The van der Waals surface area contributed by atoms with Gasteiger partial charge in [-0.3, -0.25) is 14.5 Å². The first-order valence-electron chi connectivity index (χ1n) is 12.1. The summed E-state index contributed by atoms with van der Waals surface area (Å²) in [5.41, 5.74) is 1.49. The highest BCUT2D eigenvalue weighted by molar-refractivity contribution is 5.98. The minimum Gasteiger partial charge on any atom is -0.497 e. The van der Waals surface area contributed by atoms with Crippen molar-refractivity contribution in [2.24, 2.45) is 11.8 Å². The Labute approximate surface area is 195 Å². The number of piperidine rings is 1. The van der Waals surface area contributed by atoms with Crippen molar-refractivity contribution in [1.82, 2.24) is 20.1 Å². The molecule has 2 saturated heterocycles. The number of carbonyl (C=O) groups is 2. The predicted octanol–water partition coefficient (Wildman–Crippen LogP) is 2.50. The van der Waals surface area contributed by atoms with Gasteiger partial charge in [-0.1, -0.05) is 6.92 Å². The maximum absolute atomic E-state index is 13.0. The maximum atomic E-state index is 13.0. The first-order chi connectivity index (χ1) is 16.0. The molecule has 2 aliphatic heterocycles. The van der Waals surface area contributed by atoms with Gasteiger partial charge in [0, 0.05) is 55.6 Å². The van der Waals surface area contributed by atoms with Crippen molar-refractivity contribution in [1.29, 1.82) is 0 Å². The van der Waals surface area contributed by atoms with Crippen molar-refractivity contribution in [3.8, 4) is 5.75 Å². The first-order valence-corrected chi connectivity index (χ1v) is 12.1. The monoisotopic (exact) mass is 456 g/mol. The SMILES string of the molecule is COc1ccc2cc(C(=O)N3CCC([C@H](C)C(=O)NCCCN4CCOCC4)CC3)[nH]c2c1. The standard InChI is InChI=1S/C25H36N4O4/c1-18(24(30)26-8-3-9-28-12-14-33-15-13-28)19-6-10-29(11-7-19)25(31)23-16-20-4-5-21(32-2)17-22(20)27-23/h4-5,16-19,27H,3,6-15H2,1-2H3,(H,26,30)/t18-/m0/s1. The third-order valence-electron chi connectivity index (χ3n) is 7.06. The number of hydrogen-bond acceptors (Lipinski definition) is 5. The second-order valence-electron chi connectivity index (χ2n) is 9.15. The third kappa shape index (κ3) is 5.86. The fraction of sp³-hybridized carbons (Fsp3) is 0.600. The Morgan fingerprint density at radius 2 is 1.94 bits per heavy atom. The van der Waals surface area contributed by atoms with E-state index in [2.05, 4.69) is 15.2 Å². The summed E-state index contributed by atoms with van der Waals surface area (Å²) in [5.74, 6) is 1.18. The molecule has 2 fully saturated rings. The molecular formula is C25H36N4O4. The van der Waals surface area contributed by atoms with Gasteiger partial charge in [0.05, 0.1) is 20.3 Å². The third-order valence-corrected chi connectivity index (χ3v) is 7.06. The molecule has 1 atom stereocenters. The smallest absolute Gasteiger partial charge is 0.270 e. The molecule has 4 rings (SSSR count). The number of carbonyl (C=O) groups excluding carboxylic acids is 2. The zero-order valence-corrected chi connectivity index (χ0v) is 19.8. The van der Waals surface area contributed by atoms with Crippen molar-refractivity contribution in [3.63, 3.8) is 0 Å². The highest BCUT2D eigenvalue weighted by Gasteiger charge is 2.30. The molecular weight excluding hydrogens is 420 g/mol. The summed E-state index contributed by atoms with van der Waals surface area (Å²) in [4.78, 5) is 33.2. The van der Waals surface area contributed by atoms with Gasteiger partial charge in [-0.05, 0) is 49.9 Å². The van der Waals surface area contributed by atoms with Crippen LogP contribution in [0.4, 0.5) is 0 Å². The van der Waals surface area contributed by atoms with E-state index in [1.165, 1.54) is 0 Å². The molecule has 33 heavy (non-hydrogen) atoms. The second-order valence-corrected chi connectivity index (χ2v) is 9.15. The normalized spacial score (nSPS) is 18.9. The Morgan fingerprint density at radius 1 is 1.18 bits per heavy atom. The van der Waals surface area contributed by atoms with Crippen LogP contribution < -0.4 is 10.1 Å². The van der Waals surface area contributed by atoms with Gasteiger partial charge < -0.3 is 24.7 Å². The molecule has 0 radical (unpaired) electrons. The summed E-state index contributed by atoms with van der Waals surface area (Å²) in [5, 5.41) is 4.10. The van der Waals surface area contributed by atoms with E-state index in [1.807, 2.05) is 36.1 Å². The minimum atomic E-state index is -0.0359. The lowest BCUT2D eigenvalue weighted by Gasteiger charge is -2.34. The molecule has 2 N–H and O–H groups in total. The number of nitrogens with one attached hydrogen (secondary N) is 2. The molecule has 1 aromatic heterocycles. The summed E-state index contributed by atoms with van der Waals surface area (Å²) >= 11 is 0. The molecule has 0 spiro atoms. The van der Waals surface area contributed by atoms with Gasteiger partial charge in [0.2, 0.25) is 5.91 Å².